The predicted octanol–water partition coefficient (Wildman–Crippen LogP) is 4.73. The summed E-state index contributed by atoms with van der Waals surface area (Å²) in [5, 5.41) is 2.92. The van der Waals surface area contributed by atoms with Gasteiger partial charge in [-0.3, -0.25) is 4.79 Å². The lowest BCUT2D eigenvalue weighted by atomic mass is 10.2. The first kappa shape index (κ1) is 20.3. The van der Waals surface area contributed by atoms with Crippen LogP contribution in [0.3, 0.4) is 0 Å². The Kier molecular flexibility index (Phi) is 6.79. The highest BCUT2D eigenvalue weighted by atomic mass is 16.1. The van der Waals surface area contributed by atoms with E-state index in [-0.39, 0.29) is 5.91 Å². The van der Waals surface area contributed by atoms with Gasteiger partial charge in [0.15, 0.2) is 0 Å². The number of anilines is 4. The third-order valence-corrected chi connectivity index (χ3v) is 4.75. The van der Waals surface area contributed by atoms with Crippen LogP contribution in [0.2, 0.25) is 0 Å². The van der Waals surface area contributed by atoms with Gasteiger partial charge in [-0.25, -0.2) is 9.97 Å². The minimum atomic E-state index is -0.256. The van der Waals surface area contributed by atoms with E-state index in [9.17, 15) is 4.79 Å². The van der Waals surface area contributed by atoms with Gasteiger partial charge < -0.3 is 15.1 Å². The van der Waals surface area contributed by atoms with Crippen molar-refractivity contribution >= 4 is 28.9 Å². The highest BCUT2D eigenvalue weighted by Crippen LogP contribution is 2.22. The monoisotopic (exact) mass is 389 g/mol. The summed E-state index contributed by atoms with van der Waals surface area (Å²) in [5.74, 6) is 0.247. The average Bonchev–Trinajstić information content (AvgIpc) is 2.77. The number of hydrogen-bond donors (Lipinski definition) is 1. The van der Waals surface area contributed by atoms with Crippen molar-refractivity contribution in [2.75, 3.05) is 34.8 Å². The van der Waals surface area contributed by atoms with E-state index in [2.05, 4.69) is 34.0 Å². The summed E-state index contributed by atoms with van der Waals surface area (Å²) in [6.45, 7) is 8.87. The number of hydrogen-bond acceptors (Lipinski definition) is 5. The number of carbonyl (C=O) groups excluding carboxylic acids is 1. The fourth-order valence-electron chi connectivity index (χ4n) is 3.19. The Hall–Kier alpha value is -3.41. The number of benzene rings is 2. The van der Waals surface area contributed by atoms with Crippen molar-refractivity contribution in [1.29, 1.82) is 0 Å². The minimum absolute atomic E-state index is 0.256. The summed E-state index contributed by atoms with van der Waals surface area (Å²) in [6, 6.07) is 19.4. The smallest absolute Gasteiger partial charge is 0.274 e. The van der Waals surface area contributed by atoms with Crippen molar-refractivity contribution < 1.29 is 4.79 Å². The van der Waals surface area contributed by atoms with Gasteiger partial charge in [0.05, 0.1) is 0 Å². The first-order valence-electron chi connectivity index (χ1n) is 9.98. The topological polar surface area (TPSA) is 61.4 Å². The molecule has 1 aromatic heterocycles. The number of carbonyl (C=O) groups is 1. The van der Waals surface area contributed by atoms with Gasteiger partial charge in [0, 0.05) is 42.9 Å². The average molecular weight is 390 g/mol. The first-order chi connectivity index (χ1) is 14.2. The van der Waals surface area contributed by atoms with E-state index < -0.39 is 0 Å². The Morgan fingerprint density at radius 2 is 1.55 bits per heavy atom. The standard InChI is InChI=1S/C23H27N5O/c1-4-27(5-2)19-14-12-18(13-15-19)25-22(29)21-16-17-24-23(26-21)28(6-3)20-10-8-7-9-11-20/h7-17H,4-6H2,1-3H3,(H,25,29). The lowest BCUT2D eigenvalue weighted by Crippen LogP contribution is -2.22. The Morgan fingerprint density at radius 3 is 2.17 bits per heavy atom. The molecule has 0 spiro atoms. The van der Waals surface area contributed by atoms with Crippen molar-refractivity contribution in [2.45, 2.75) is 20.8 Å². The molecule has 29 heavy (non-hydrogen) atoms. The van der Waals surface area contributed by atoms with Crippen LogP contribution in [0.1, 0.15) is 31.3 Å². The molecule has 0 fully saturated rings. The summed E-state index contributed by atoms with van der Waals surface area (Å²) in [4.78, 5) is 25.8. The summed E-state index contributed by atoms with van der Waals surface area (Å²) >= 11 is 0. The molecule has 6 heteroatoms. The Bertz CT molecular complexity index is 924. The molecule has 0 bridgehead atoms. The van der Waals surface area contributed by atoms with E-state index >= 15 is 0 Å². The predicted molar refractivity (Wildman–Crippen MR) is 119 cm³/mol. The second-order valence-electron chi connectivity index (χ2n) is 6.49. The van der Waals surface area contributed by atoms with Gasteiger partial charge >= 0.3 is 0 Å². The van der Waals surface area contributed by atoms with Crippen LogP contribution in [-0.4, -0.2) is 35.5 Å². The van der Waals surface area contributed by atoms with Crippen molar-refractivity contribution in [2.24, 2.45) is 0 Å². The minimum Gasteiger partial charge on any atom is -0.372 e. The van der Waals surface area contributed by atoms with Gasteiger partial charge in [0.2, 0.25) is 5.95 Å². The van der Waals surface area contributed by atoms with E-state index in [1.807, 2.05) is 66.4 Å². The van der Waals surface area contributed by atoms with Gasteiger partial charge in [0.25, 0.3) is 5.91 Å². The second kappa shape index (κ2) is 9.68. The van der Waals surface area contributed by atoms with Crippen LogP contribution in [0.4, 0.5) is 23.0 Å². The SMILES string of the molecule is CCN(CC)c1ccc(NC(=O)c2ccnc(N(CC)c3ccccc3)n2)cc1. The number of aromatic nitrogens is 2. The molecule has 1 heterocycles. The van der Waals surface area contributed by atoms with Crippen molar-refractivity contribution in [3.05, 3.63) is 72.6 Å². The highest BCUT2D eigenvalue weighted by molar-refractivity contribution is 6.03. The van der Waals surface area contributed by atoms with E-state index in [4.69, 9.17) is 0 Å². The molecule has 150 valence electrons. The third kappa shape index (κ3) is 4.90. The van der Waals surface area contributed by atoms with Crippen molar-refractivity contribution in [3.8, 4) is 0 Å². The van der Waals surface area contributed by atoms with Crippen molar-refractivity contribution in [3.63, 3.8) is 0 Å². The molecule has 1 amide bonds. The van der Waals surface area contributed by atoms with Gasteiger partial charge in [-0.05, 0) is 63.2 Å². The molecule has 2 aromatic carbocycles. The van der Waals surface area contributed by atoms with Gasteiger partial charge in [-0.1, -0.05) is 18.2 Å². The van der Waals surface area contributed by atoms with Crippen LogP contribution < -0.4 is 15.1 Å². The summed E-state index contributed by atoms with van der Waals surface area (Å²) in [7, 11) is 0. The fraction of sp³-hybridized carbons (Fsp3) is 0.261. The number of rotatable bonds is 8. The van der Waals surface area contributed by atoms with E-state index in [0.717, 1.165) is 30.2 Å². The van der Waals surface area contributed by atoms with Crippen LogP contribution in [0.15, 0.2) is 66.9 Å². The molecule has 3 rings (SSSR count). The Balaban J connectivity index is 1.76. The molecule has 0 saturated heterocycles. The molecule has 0 unspecified atom stereocenters. The number of nitrogens with one attached hydrogen (secondary N) is 1. The van der Waals surface area contributed by atoms with Crippen LogP contribution in [-0.2, 0) is 0 Å². The zero-order valence-corrected chi connectivity index (χ0v) is 17.2. The maximum atomic E-state index is 12.7. The van der Waals surface area contributed by atoms with Crippen LogP contribution in [0.5, 0.6) is 0 Å². The molecule has 0 aliphatic heterocycles. The molecule has 0 aliphatic carbocycles. The molecular weight excluding hydrogens is 362 g/mol. The second-order valence-corrected chi connectivity index (χ2v) is 6.49. The van der Waals surface area contributed by atoms with E-state index in [1.165, 1.54) is 0 Å². The summed E-state index contributed by atoms with van der Waals surface area (Å²) in [5.41, 5.74) is 3.19. The van der Waals surface area contributed by atoms with E-state index in [1.54, 1.807) is 12.3 Å². The maximum Gasteiger partial charge on any atom is 0.274 e. The molecule has 3 aromatic rings. The quantitative estimate of drug-likeness (QED) is 0.603. The van der Waals surface area contributed by atoms with Crippen molar-refractivity contribution in [1.82, 2.24) is 9.97 Å². The molecule has 6 nitrogen and oxygen atoms in total. The summed E-state index contributed by atoms with van der Waals surface area (Å²) in [6.07, 6.45) is 1.62. The zero-order chi connectivity index (χ0) is 20.6. The molecular formula is C23H27N5O. The largest absolute Gasteiger partial charge is 0.372 e. The Labute approximate surface area is 172 Å². The zero-order valence-electron chi connectivity index (χ0n) is 17.2. The highest BCUT2D eigenvalue weighted by Gasteiger charge is 2.14. The number of amides is 1. The fourth-order valence-corrected chi connectivity index (χ4v) is 3.19. The molecule has 1 N–H and O–H groups in total. The Morgan fingerprint density at radius 1 is 0.862 bits per heavy atom. The third-order valence-electron chi connectivity index (χ3n) is 4.75. The van der Waals surface area contributed by atoms with Crippen LogP contribution >= 0.6 is 0 Å². The normalized spacial score (nSPS) is 10.4. The van der Waals surface area contributed by atoms with Crippen LogP contribution in [0.25, 0.3) is 0 Å². The molecule has 0 aliphatic rings. The van der Waals surface area contributed by atoms with Gasteiger partial charge in [0.1, 0.15) is 5.69 Å². The molecule has 0 radical (unpaired) electrons. The van der Waals surface area contributed by atoms with Gasteiger partial charge in [-0.15, -0.1) is 0 Å². The molecule has 0 atom stereocenters. The number of para-hydroxylation sites is 1. The first-order valence-corrected chi connectivity index (χ1v) is 9.98. The maximum absolute atomic E-state index is 12.7. The lowest BCUT2D eigenvalue weighted by molar-refractivity contribution is 0.102. The lowest BCUT2D eigenvalue weighted by Gasteiger charge is -2.21. The molecule has 0 saturated carbocycles. The van der Waals surface area contributed by atoms with Crippen LogP contribution in [0, 0.1) is 0 Å². The summed E-state index contributed by atoms with van der Waals surface area (Å²) < 4.78 is 0. The number of nitrogens with zero attached hydrogens (tertiary/aromatic N) is 4. The van der Waals surface area contributed by atoms with E-state index in [0.29, 0.717) is 18.2 Å². The van der Waals surface area contributed by atoms with Gasteiger partial charge in [-0.2, -0.15) is 0 Å².